The van der Waals surface area contributed by atoms with E-state index >= 15 is 0 Å². The first-order chi connectivity index (χ1) is 11.9. The lowest BCUT2D eigenvalue weighted by molar-refractivity contribution is -0.132. The lowest BCUT2D eigenvalue weighted by Gasteiger charge is -2.20. The number of sulfonamides is 1. The topological polar surface area (TPSA) is 102 Å². The fraction of sp³-hybridized carbons (Fsp3) is 0.529. The summed E-state index contributed by atoms with van der Waals surface area (Å²) in [5.74, 6) is 0.584. The second kappa shape index (κ2) is 7.12. The van der Waals surface area contributed by atoms with E-state index in [0.29, 0.717) is 24.4 Å². The van der Waals surface area contributed by atoms with Gasteiger partial charge in [-0.3, -0.25) is 4.79 Å². The van der Waals surface area contributed by atoms with E-state index in [1.807, 2.05) is 11.0 Å². The molecular weight excluding hydrogens is 340 g/mol. The Hall–Kier alpha value is -1.95. The van der Waals surface area contributed by atoms with Crippen LogP contribution in [0.15, 0.2) is 29.2 Å². The summed E-state index contributed by atoms with van der Waals surface area (Å²) in [4.78, 5) is 14.5. The van der Waals surface area contributed by atoms with E-state index in [1.165, 1.54) is 24.3 Å². The van der Waals surface area contributed by atoms with Gasteiger partial charge in [0, 0.05) is 25.7 Å². The van der Waals surface area contributed by atoms with Gasteiger partial charge in [-0.05, 0) is 43.0 Å². The number of benzene rings is 1. The van der Waals surface area contributed by atoms with Gasteiger partial charge < -0.3 is 10.2 Å². The van der Waals surface area contributed by atoms with Crippen molar-refractivity contribution in [2.24, 2.45) is 5.92 Å². The number of hydrogen-bond acceptors (Lipinski definition) is 5. The highest BCUT2D eigenvalue weighted by Gasteiger charge is 2.36. The summed E-state index contributed by atoms with van der Waals surface area (Å²) in [5.41, 5.74) is 0.409. The molecular formula is C17H22N4O3S. The van der Waals surface area contributed by atoms with Crippen molar-refractivity contribution in [1.29, 1.82) is 5.26 Å². The van der Waals surface area contributed by atoms with E-state index < -0.39 is 10.0 Å². The van der Waals surface area contributed by atoms with Crippen LogP contribution >= 0.6 is 0 Å². The first-order valence-electron chi connectivity index (χ1n) is 8.43. The van der Waals surface area contributed by atoms with Gasteiger partial charge in [-0.25, -0.2) is 13.1 Å². The molecule has 2 aliphatic rings. The zero-order chi connectivity index (χ0) is 18.0. The van der Waals surface area contributed by atoms with Crippen LogP contribution in [0.5, 0.6) is 0 Å². The van der Waals surface area contributed by atoms with Crippen LogP contribution in [-0.4, -0.2) is 50.9 Å². The molecule has 2 saturated heterocycles. The Kier molecular flexibility index (Phi) is 5.08. The average Bonchev–Trinajstić information content (AvgIpc) is 3.23. The Bertz CT molecular complexity index is 785. The fourth-order valence-corrected chi connectivity index (χ4v) is 4.61. The fourth-order valence-electron chi connectivity index (χ4n) is 3.37. The molecule has 0 bridgehead atoms. The van der Waals surface area contributed by atoms with Crippen LogP contribution in [0.1, 0.15) is 25.3 Å². The van der Waals surface area contributed by atoms with E-state index in [9.17, 15) is 13.2 Å². The van der Waals surface area contributed by atoms with Crippen molar-refractivity contribution in [3.8, 4) is 6.07 Å². The van der Waals surface area contributed by atoms with Gasteiger partial charge in [-0.1, -0.05) is 6.92 Å². The SMILES string of the molecule is CC1CCN(C(=O)[C@@H]2C[C@H](NS(=O)(=O)c3ccc(C#N)cc3)CN2)C1. The van der Waals surface area contributed by atoms with Crippen molar-refractivity contribution in [1.82, 2.24) is 14.9 Å². The number of carbonyl (C=O) groups excluding carboxylic acids is 1. The maximum Gasteiger partial charge on any atom is 0.240 e. The summed E-state index contributed by atoms with van der Waals surface area (Å²) in [7, 11) is -3.67. The largest absolute Gasteiger partial charge is 0.341 e. The Morgan fingerprint density at radius 2 is 2.08 bits per heavy atom. The molecule has 0 saturated carbocycles. The number of rotatable bonds is 4. The summed E-state index contributed by atoms with van der Waals surface area (Å²) in [5, 5.41) is 11.9. The van der Waals surface area contributed by atoms with Gasteiger partial charge in [-0.2, -0.15) is 5.26 Å². The predicted octanol–water partition coefficient (Wildman–Crippen LogP) is 0.435. The summed E-state index contributed by atoms with van der Waals surface area (Å²) >= 11 is 0. The van der Waals surface area contributed by atoms with Gasteiger partial charge in [0.1, 0.15) is 0 Å². The molecule has 3 rings (SSSR count). The van der Waals surface area contributed by atoms with Crippen molar-refractivity contribution < 1.29 is 13.2 Å². The molecule has 1 aromatic rings. The smallest absolute Gasteiger partial charge is 0.240 e. The number of nitrogens with one attached hydrogen (secondary N) is 2. The minimum Gasteiger partial charge on any atom is -0.341 e. The number of nitrogens with zero attached hydrogens (tertiary/aromatic N) is 2. The monoisotopic (exact) mass is 362 g/mol. The molecule has 0 aliphatic carbocycles. The maximum absolute atomic E-state index is 12.5. The molecule has 0 spiro atoms. The molecule has 0 radical (unpaired) electrons. The van der Waals surface area contributed by atoms with Gasteiger partial charge >= 0.3 is 0 Å². The summed E-state index contributed by atoms with van der Waals surface area (Å²) in [6, 6.07) is 7.08. The molecule has 1 unspecified atom stereocenters. The van der Waals surface area contributed by atoms with E-state index in [4.69, 9.17) is 5.26 Å². The lowest BCUT2D eigenvalue weighted by Crippen LogP contribution is -2.42. The molecule has 2 N–H and O–H groups in total. The van der Waals surface area contributed by atoms with Crippen molar-refractivity contribution >= 4 is 15.9 Å². The molecule has 2 heterocycles. The molecule has 3 atom stereocenters. The van der Waals surface area contributed by atoms with E-state index in [0.717, 1.165) is 19.5 Å². The standard InChI is InChI=1S/C17H22N4O3S/c1-12-6-7-21(11-12)17(22)16-8-14(10-19-16)20-25(23,24)15-4-2-13(9-18)3-5-15/h2-5,12,14,16,19-20H,6-8,10-11H2,1H3/t12?,14-,16-/m0/s1. The minimum atomic E-state index is -3.67. The van der Waals surface area contributed by atoms with Crippen LogP contribution in [0.4, 0.5) is 0 Å². The number of carbonyl (C=O) groups is 1. The Balaban J connectivity index is 1.60. The third-order valence-electron chi connectivity index (χ3n) is 4.78. The van der Waals surface area contributed by atoms with Crippen molar-refractivity contribution in [3.05, 3.63) is 29.8 Å². The predicted molar refractivity (Wildman–Crippen MR) is 92.0 cm³/mol. The van der Waals surface area contributed by atoms with E-state index in [1.54, 1.807) is 0 Å². The Labute approximate surface area is 148 Å². The zero-order valence-electron chi connectivity index (χ0n) is 14.1. The number of nitriles is 1. The average molecular weight is 362 g/mol. The van der Waals surface area contributed by atoms with E-state index in [2.05, 4.69) is 17.0 Å². The molecule has 2 aliphatic heterocycles. The Morgan fingerprint density at radius 1 is 1.36 bits per heavy atom. The minimum absolute atomic E-state index is 0.0596. The lowest BCUT2D eigenvalue weighted by atomic mass is 10.1. The highest BCUT2D eigenvalue weighted by molar-refractivity contribution is 7.89. The first-order valence-corrected chi connectivity index (χ1v) is 9.92. The number of hydrogen-bond donors (Lipinski definition) is 2. The second-order valence-electron chi connectivity index (χ2n) is 6.83. The van der Waals surface area contributed by atoms with Gasteiger partial charge in [0.05, 0.1) is 22.6 Å². The highest BCUT2D eigenvalue weighted by Crippen LogP contribution is 2.19. The zero-order valence-corrected chi connectivity index (χ0v) is 14.9. The van der Waals surface area contributed by atoms with Gasteiger partial charge in [0.15, 0.2) is 0 Å². The molecule has 8 heteroatoms. The molecule has 7 nitrogen and oxygen atoms in total. The first kappa shape index (κ1) is 17.9. The van der Waals surface area contributed by atoms with Gasteiger partial charge in [0.25, 0.3) is 0 Å². The normalized spacial score (nSPS) is 26.6. The van der Waals surface area contributed by atoms with Crippen LogP contribution in [0, 0.1) is 17.2 Å². The van der Waals surface area contributed by atoms with Crippen LogP contribution in [0.25, 0.3) is 0 Å². The van der Waals surface area contributed by atoms with Crippen LogP contribution in [0.2, 0.25) is 0 Å². The van der Waals surface area contributed by atoms with Crippen molar-refractivity contribution in [3.63, 3.8) is 0 Å². The van der Waals surface area contributed by atoms with Crippen molar-refractivity contribution in [2.75, 3.05) is 19.6 Å². The maximum atomic E-state index is 12.5. The number of amides is 1. The second-order valence-corrected chi connectivity index (χ2v) is 8.54. The van der Waals surface area contributed by atoms with Gasteiger partial charge in [0.2, 0.25) is 15.9 Å². The number of likely N-dealkylation sites (tertiary alicyclic amines) is 1. The third kappa shape index (κ3) is 4.00. The van der Waals surface area contributed by atoms with Crippen molar-refractivity contribution in [2.45, 2.75) is 36.7 Å². The molecule has 0 aromatic heterocycles. The van der Waals surface area contributed by atoms with Crippen LogP contribution in [-0.2, 0) is 14.8 Å². The van der Waals surface area contributed by atoms with Crippen LogP contribution < -0.4 is 10.0 Å². The summed E-state index contributed by atoms with van der Waals surface area (Å²) < 4.78 is 27.5. The van der Waals surface area contributed by atoms with Gasteiger partial charge in [-0.15, -0.1) is 0 Å². The van der Waals surface area contributed by atoms with E-state index in [-0.39, 0.29) is 22.9 Å². The third-order valence-corrected chi connectivity index (χ3v) is 6.32. The molecule has 134 valence electrons. The molecule has 1 aromatic carbocycles. The molecule has 2 fully saturated rings. The quantitative estimate of drug-likeness (QED) is 0.809. The molecule has 1 amide bonds. The highest BCUT2D eigenvalue weighted by atomic mass is 32.2. The molecule has 25 heavy (non-hydrogen) atoms. The van der Waals surface area contributed by atoms with Crippen LogP contribution in [0.3, 0.4) is 0 Å². The summed E-state index contributed by atoms with van der Waals surface area (Å²) in [6.07, 6.45) is 1.46. The Morgan fingerprint density at radius 3 is 2.68 bits per heavy atom. The summed E-state index contributed by atoms with van der Waals surface area (Å²) in [6.45, 7) is 4.11.